The third kappa shape index (κ3) is 4.07. The van der Waals surface area contributed by atoms with Crippen LogP contribution in [0.5, 0.6) is 0 Å². The van der Waals surface area contributed by atoms with Crippen LogP contribution in [0.1, 0.15) is 25.0 Å². The molecule has 6 nitrogen and oxygen atoms in total. The number of likely N-dealkylation sites (tertiary alicyclic amines) is 1. The van der Waals surface area contributed by atoms with Crippen LogP contribution in [0.4, 0.5) is 5.69 Å². The van der Waals surface area contributed by atoms with E-state index < -0.39 is 5.92 Å². The van der Waals surface area contributed by atoms with Gasteiger partial charge in [-0.15, -0.1) is 0 Å². The van der Waals surface area contributed by atoms with Gasteiger partial charge in [-0.2, -0.15) is 0 Å². The van der Waals surface area contributed by atoms with Crippen LogP contribution in [-0.2, 0) is 20.9 Å². The summed E-state index contributed by atoms with van der Waals surface area (Å²) >= 11 is 0. The van der Waals surface area contributed by atoms with E-state index in [0.29, 0.717) is 32.7 Å². The summed E-state index contributed by atoms with van der Waals surface area (Å²) < 4.78 is 5.94. The van der Waals surface area contributed by atoms with E-state index >= 15 is 0 Å². The predicted octanol–water partition coefficient (Wildman–Crippen LogP) is 2.64. The van der Waals surface area contributed by atoms with Crippen molar-refractivity contribution in [2.45, 2.75) is 32.0 Å². The Morgan fingerprint density at radius 2 is 1.75 bits per heavy atom. The van der Waals surface area contributed by atoms with E-state index in [4.69, 9.17) is 4.74 Å². The monoisotopic (exact) mass is 379 g/mol. The Hall–Kier alpha value is -2.73. The number of aromatic nitrogens is 1. The van der Waals surface area contributed by atoms with Crippen molar-refractivity contribution in [2.24, 2.45) is 5.92 Å². The van der Waals surface area contributed by atoms with Crippen molar-refractivity contribution in [3.8, 4) is 0 Å². The molecule has 2 saturated heterocycles. The van der Waals surface area contributed by atoms with Crippen molar-refractivity contribution in [3.63, 3.8) is 0 Å². The van der Waals surface area contributed by atoms with Gasteiger partial charge in [0.25, 0.3) is 0 Å². The molecule has 6 heteroatoms. The molecule has 2 amide bonds. The van der Waals surface area contributed by atoms with Crippen molar-refractivity contribution in [2.75, 3.05) is 24.5 Å². The molecule has 0 bridgehead atoms. The molecule has 0 radical (unpaired) electrons. The summed E-state index contributed by atoms with van der Waals surface area (Å²) in [7, 11) is 0. The molecule has 2 aliphatic heterocycles. The van der Waals surface area contributed by atoms with Crippen molar-refractivity contribution >= 4 is 17.5 Å². The van der Waals surface area contributed by atoms with Gasteiger partial charge in [0.1, 0.15) is 5.92 Å². The third-order valence-corrected chi connectivity index (χ3v) is 5.52. The van der Waals surface area contributed by atoms with Crippen LogP contribution in [0, 0.1) is 5.92 Å². The number of hydrogen-bond donors (Lipinski definition) is 0. The Morgan fingerprint density at radius 1 is 1.00 bits per heavy atom. The number of ether oxygens (including phenoxy) is 1. The molecule has 2 fully saturated rings. The average molecular weight is 379 g/mol. The summed E-state index contributed by atoms with van der Waals surface area (Å²) in [6.07, 6.45) is 4.06. The first-order valence-electron chi connectivity index (χ1n) is 9.89. The molecule has 1 aromatic heterocycles. The Morgan fingerprint density at radius 3 is 2.46 bits per heavy atom. The molecule has 1 aromatic carbocycles. The van der Waals surface area contributed by atoms with Gasteiger partial charge in [-0.05, 0) is 43.5 Å². The Labute approximate surface area is 165 Å². The number of piperidine rings is 1. The van der Waals surface area contributed by atoms with Gasteiger partial charge < -0.3 is 14.5 Å². The van der Waals surface area contributed by atoms with Crippen LogP contribution in [0.25, 0.3) is 0 Å². The van der Waals surface area contributed by atoms with Gasteiger partial charge in [0.05, 0.1) is 18.4 Å². The second-order valence-corrected chi connectivity index (χ2v) is 7.32. The van der Waals surface area contributed by atoms with Gasteiger partial charge in [-0.25, -0.2) is 0 Å². The van der Waals surface area contributed by atoms with E-state index in [1.807, 2.05) is 53.4 Å². The van der Waals surface area contributed by atoms with E-state index in [2.05, 4.69) is 4.98 Å². The Kier molecular flexibility index (Phi) is 5.67. The summed E-state index contributed by atoms with van der Waals surface area (Å²) in [4.78, 5) is 33.5. The molecule has 3 heterocycles. The third-order valence-electron chi connectivity index (χ3n) is 5.52. The maximum atomic E-state index is 12.9. The Balaban J connectivity index is 1.28. The maximum absolute atomic E-state index is 12.9. The number of pyridine rings is 1. The molecular weight excluding hydrogens is 354 g/mol. The summed E-state index contributed by atoms with van der Waals surface area (Å²) in [6, 6.07) is 15.3. The standard InChI is InChI=1S/C22H25N3O3/c26-21(20-11-15-25(22(20)27)18-7-2-1-3-8-18)24-13-9-19(10-14-24)28-16-17-6-4-5-12-23-17/h1-8,12,19-20H,9-11,13-16H2/t20-/m1/s1. The summed E-state index contributed by atoms with van der Waals surface area (Å²) in [6.45, 7) is 2.37. The number of amides is 2. The minimum absolute atomic E-state index is 0.0355. The summed E-state index contributed by atoms with van der Waals surface area (Å²) in [5.41, 5.74) is 1.78. The number of hydrogen-bond acceptors (Lipinski definition) is 4. The fraction of sp³-hybridized carbons (Fsp3) is 0.409. The van der Waals surface area contributed by atoms with Crippen molar-refractivity contribution in [1.29, 1.82) is 0 Å². The number of benzene rings is 1. The van der Waals surface area contributed by atoms with E-state index in [1.54, 1.807) is 11.1 Å². The highest BCUT2D eigenvalue weighted by molar-refractivity contribution is 6.09. The highest BCUT2D eigenvalue weighted by Gasteiger charge is 2.40. The van der Waals surface area contributed by atoms with Crippen LogP contribution >= 0.6 is 0 Å². The minimum Gasteiger partial charge on any atom is -0.372 e. The molecule has 2 aliphatic rings. The molecule has 0 N–H and O–H groups in total. The van der Waals surface area contributed by atoms with Gasteiger partial charge >= 0.3 is 0 Å². The van der Waals surface area contributed by atoms with E-state index in [0.717, 1.165) is 24.2 Å². The Bertz CT molecular complexity index is 804. The lowest BCUT2D eigenvalue weighted by Gasteiger charge is -2.33. The predicted molar refractivity (Wildman–Crippen MR) is 106 cm³/mol. The van der Waals surface area contributed by atoms with Gasteiger partial charge in [0.15, 0.2) is 0 Å². The largest absolute Gasteiger partial charge is 0.372 e. The highest BCUT2D eigenvalue weighted by atomic mass is 16.5. The van der Waals surface area contributed by atoms with Crippen LogP contribution in [0.3, 0.4) is 0 Å². The molecule has 2 aromatic rings. The lowest BCUT2D eigenvalue weighted by Crippen LogP contribution is -2.45. The zero-order valence-corrected chi connectivity index (χ0v) is 15.9. The second-order valence-electron chi connectivity index (χ2n) is 7.32. The first-order chi connectivity index (χ1) is 13.7. The summed E-state index contributed by atoms with van der Waals surface area (Å²) in [5, 5.41) is 0. The second kappa shape index (κ2) is 8.52. The molecule has 0 saturated carbocycles. The minimum atomic E-state index is -0.550. The number of anilines is 1. The smallest absolute Gasteiger partial charge is 0.239 e. The van der Waals surface area contributed by atoms with Crippen molar-refractivity contribution in [3.05, 3.63) is 60.4 Å². The van der Waals surface area contributed by atoms with Crippen LogP contribution in [0.2, 0.25) is 0 Å². The zero-order chi connectivity index (χ0) is 19.3. The fourth-order valence-electron chi connectivity index (χ4n) is 3.92. The van der Waals surface area contributed by atoms with Gasteiger partial charge in [0.2, 0.25) is 11.8 Å². The van der Waals surface area contributed by atoms with E-state index in [1.165, 1.54) is 0 Å². The zero-order valence-electron chi connectivity index (χ0n) is 15.9. The molecular formula is C22H25N3O3. The van der Waals surface area contributed by atoms with Crippen LogP contribution in [0.15, 0.2) is 54.7 Å². The first-order valence-corrected chi connectivity index (χ1v) is 9.89. The number of rotatable bonds is 5. The molecule has 0 spiro atoms. The van der Waals surface area contributed by atoms with Crippen LogP contribution < -0.4 is 4.90 Å². The van der Waals surface area contributed by atoms with Gasteiger partial charge in [-0.3, -0.25) is 14.6 Å². The van der Waals surface area contributed by atoms with Gasteiger partial charge in [0, 0.05) is 31.5 Å². The lowest BCUT2D eigenvalue weighted by atomic mass is 10.0. The number of carbonyl (C=O) groups is 2. The molecule has 146 valence electrons. The number of nitrogens with zero attached hydrogens (tertiary/aromatic N) is 3. The van der Waals surface area contributed by atoms with Crippen LogP contribution in [-0.4, -0.2) is 47.4 Å². The fourth-order valence-corrected chi connectivity index (χ4v) is 3.92. The SMILES string of the molecule is O=C([C@H]1CCN(c2ccccc2)C1=O)N1CCC(OCc2ccccn2)CC1. The van der Waals surface area contributed by atoms with Crippen molar-refractivity contribution in [1.82, 2.24) is 9.88 Å². The molecule has 0 aliphatic carbocycles. The molecule has 1 atom stereocenters. The lowest BCUT2D eigenvalue weighted by molar-refractivity contribution is -0.142. The molecule has 0 unspecified atom stereocenters. The average Bonchev–Trinajstić information content (AvgIpc) is 3.15. The van der Waals surface area contributed by atoms with Gasteiger partial charge in [-0.1, -0.05) is 24.3 Å². The van der Waals surface area contributed by atoms with E-state index in [9.17, 15) is 9.59 Å². The molecule has 4 rings (SSSR count). The topological polar surface area (TPSA) is 62.7 Å². The maximum Gasteiger partial charge on any atom is 0.239 e. The first kappa shape index (κ1) is 18.6. The number of para-hydroxylation sites is 1. The molecule has 28 heavy (non-hydrogen) atoms. The quantitative estimate of drug-likeness (QED) is 0.750. The highest BCUT2D eigenvalue weighted by Crippen LogP contribution is 2.27. The van der Waals surface area contributed by atoms with Crippen molar-refractivity contribution < 1.29 is 14.3 Å². The van der Waals surface area contributed by atoms with E-state index in [-0.39, 0.29) is 17.9 Å². The summed E-state index contributed by atoms with van der Waals surface area (Å²) in [5.74, 6) is -0.664. The number of carbonyl (C=O) groups excluding carboxylic acids is 2. The normalized spacial score (nSPS) is 20.6.